The van der Waals surface area contributed by atoms with Crippen molar-refractivity contribution < 1.29 is 13.9 Å². The van der Waals surface area contributed by atoms with E-state index in [2.05, 4.69) is 15.2 Å². The van der Waals surface area contributed by atoms with E-state index in [-0.39, 0.29) is 11.7 Å². The van der Waals surface area contributed by atoms with Crippen molar-refractivity contribution in [2.75, 3.05) is 45.2 Å². The van der Waals surface area contributed by atoms with Crippen LogP contribution in [-0.4, -0.2) is 60.5 Å². The molecule has 1 aromatic carbocycles. The van der Waals surface area contributed by atoms with Crippen LogP contribution >= 0.6 is 0 Å². The molecule has 0 bridgehead atoms. The molecule has 1 aliphatic heterocycles. The molecule has 0 spiro atoms. The van der Waals surface area contributed by atoms with E-state index >= 15 is 0 Å². The van der Waals surface area contributed by atoms with Gasteiger partial charge in [-0.25, -0.2) is 9.37 Å². The van der Waals surface area contributed by atoms with Crippen LogP contribution in [0.25, 0.3) is 0 Å². The molecule has 1 aromatic heterocycles. The molecule has 7 heteroatoms. The zero-order chi connectivity index (χ0) is 19.9. The highest BCUT2D eigenvalue weighted by molar-refractivity contribution is 5.73. The fourth-order valence-electron chi connectivity index (χ4n) is 3.40. The van der Waals surface area contributed by atoms with Crippen LogP contribution < -0.4 is 10.1 Å². The largest absolute Gasteiger partial charge is 0.481 e. The number of nitrogens with zero attached hydrogens (tertiary/aromatic N) is 3. The van der Waals surface area contributed by atoms with Crippen molar-refractivity contribution in [1.82, 2.24) is 14.8 Å². The minimum absolute atomic E-state index is 0.145. The third-order valence-corrected chi connectivity index (χ3v) is 4.95. The second-order valence-corrected chi connectivity index (χ2v) is 7.01. The van der Waals surface area contributed by atoms with Gasteiger partial charge >= 0.3 is 0 Å². The number of hydrogen-bond acceptors (Lipinski definition) is 5. The first-order valence-corrected chi connectivity index (χ1v) is 9.58. The highest BCUT2D eigenvalue weighted by Gasteiger charge is 2.17. The predicted octanol–water partition coefficient (Wildman–Crippen LogP) is 3.07. The SMILES string of the molecule is COc1ccc(Nc2cc(F)cc(CCCN3CCN(C(C)=O)CC3)c2)cn1. The van der Waals surface area contributed by atoms with Gasteiger partial charge < -0.3 is 15.0 Å². The summed E-state index contributed by atoms with van der Waals surface area (Å²) < 4.78 is 19.1. The lowest BCUT2D eigenvalue weighted by atomic mass is 10.1. The van der Waals surface area contributed by atoms with E-state index in [4.69, 9.17) is 4.74 Å². The fourth-order valence-corrected chi connectivity index (χ4v) is 3.40. The van der Waals surface area contributed by atoms with E-state index in [0.717, 1.165) is 56.8 Å². The number of aryl methyl sites for hydroxylation is 1. The van der Waals surface area contributed by atoms with Crippen LogP contribution in [0.15, 0.2) is 36.5 Å². The number of halogens is 1. The number of benzene rings is 1. The van der Waals surface area contributed by atoms with Gasteiger partial charge in [-0.2, -0.15) is 0 Å². The van der Waals surface area contributed by atoms with Gasteiger partial charge in [0, 0.05) is 44.9 Å². The van der Waals surface area contributed by atoms with Gasteiger partial charge in [-0.05, 0) is 49.2 Å². The van der Waals surface area contributed by atoms with E-state index in [1.165, 1.54) is 6.07 Å². The normalized spacial score (nSPS) is 14.8. The molecule has 0 radical (unpaired) electrons. The molecule has 0 aliphatic carbocycles. The van der Waals surface area contributed by atoms with Crippen molar-refractivity contribution in [1.29, 1.82) is 0 Å². The Kier molecular flexibility index (Phi) is 6.81. The maximum atomic E-state index is 14.0. The molecule has 2 aromatic rings. The zero-order valence-electron chi connectivity index (χ0n) is 16.4. The number of hydrogen-bond donors (Lipinski definition) is 1. The summed E-state index contributed by atoms with van der Waals surface area (Å²) in [7, 11) is 1.57. The van der Waals surface area contributed by atoms with Gasteiger partial charge in [0.2, 0.25) is 11.8 Å². The van der Waals surface area contributed by atoms with Crippen molar-refractivity contribution in [3.05, 3.63) is 47.9 Å². The number of ether oxygens (including phenoxy) is 1. The summed E-state index contributed by atoms with van der Waals surface area (Å²) >= 11 is 0. The molecule has 3 rings (SSSR count). The Morgan fingerprint density at radius 2 is 1.96 bits per heavy atom. The van der Waals surface area contributed by atoms with Crippen molar-refractivity contribution in [3.63, 3.8) is 0 Å². The van der Waals surface area contributed by atoms with Crippen molar-refractivity contribution in [2.24, 2.45) is 0 Å². The highest BCUT2D eigenvalue weighted by Crippen LogP contribution is 2.21. The van der Waals surface area contributed by atoms with Gasteiger partial charge in [0.15, 0.2) is 0 Å². The molecule has 0 unspecified atom stereocenters. The second-order valence-electron chi connectivity index (χ2n) is 7.01. The number of amides is 1. The summed E-state index contributed by atoms with van der Waals surface area (Å²) in [5.74, 6) is 0.428. The Labute approximate surface area is 165 Å². The molecule has 0 saturated carbocycles. The average Bonchev–Trinajstić information content (AvgIpc) is 2.68. The van der Waals surface area contributed by atoms with Crippen LogP contribution in [0.4, 0.5) is 15.8 Å². The molecule has 1 amide bonds. The Morgan fingerprint density at radius 3 is 2.61 bits per heavy atom. The van der Waals surface area contributed by atoms with Crippen molar-refractivity contribution in [3.8, 4) is 5.88 Å². The van der Waals surface area contributed by atoms with Crippen molar-refractivity contribution >= 4 is 17.3 Å². The molecular formula is C21H27FN4O2. The first-order chi connectivity index (χ1) is 13.5. The summed E-state index contributed by atoms with van der Waals surface area (Å²) in [5.41, 5.74) is 2.45. The molecule has 28 heavy (non-hydrogen) atoms. The monoisotopic (exact) mass is 386 g/mol. The quantitative estimate of drug-likeness (QED) is 0.793. The van der Waals surface area contributed by atoms with Crippen LogP contribution in [0.3, 0.4) is 0 Å². The number of piperazine rings is 1. The smallest absolute Gasteiger partial charge is 0.219 e. The van der Waals surface area contributed by atoms with E-state index < -0.39 is 0 Å². The number of carbonyl (C=O) groups excluding carboxylic acids is 1. The van der Waals surface area contributed by atoms with E-state index in [1.807, 2.05) is 17.0 Å². The van der Waals surface area contributed by atoms with E-state index in [1.54, 1.807) is 32.4 Å². The number of anilines is 2. The lowest BCUT2D eigenvalue weighted by Gasteiger charge is -2.34. The topological polar surface area (TPSA) is 57.7 Å². The number of rotatable bonds is 7. The number of pyridine rings is 1. The third kappa shape index (κ3) is 5.66. The molecule has 1 aliphatic rings. The summed E-state index contributed by atoms with van der Waals surface area (Å²) in [6, 6.07) is 8.65. The lowest BCUT2D eigenvalue weighted by molar-refractivity contribution is -0.130. The number of nitrogens with one attached hydrogen (secondary N) is 1. The van der Waals surface area contributed by atoms with Gasteiger partial charge in [0.05, 0.1) is 19.0 Å². The Morgan fingerprint density at radius 1 is 1.18 bits per heavy atom. The Hall–Kier alpha value is -2.67. The van der Waals surface area contributed by atoms with E-state index in [0.29, 0.717) is 11.6 Å². The van der Waals surface area contributed by atoms with Crippen LogP contribution in [-0.2, 0) is 11.2 Å². The molecule has 0 atom stereocenters. The van der Waals surface area contributed by atoms with Gasteiger partial charge in [0.25, 0.3) is 0 Å². The zero-order valence-corrected chi connectivity index (χ0v) is 16.4. The maximum Gasteiger partial charge on any atom is 0.219 e. The van der Waals surface area contributed by atoms with Crippen LogP contribution in [0.2, 0.25) is 0 Å². The number of carbonyl (C=O) groups is 1. The first-order valence-electron chi connectivity index (χ1n) is 9.58. The highest BCUT2D eigenvalue weighted by atomic mass is 19.1. The Balaban J connectivity index is 1.51. The molecule has 150 valence electrons. The van der Waals surface area contributed by atoms with Crippen molar-refractivity contribution in [2.45, 2.75) is 19.8 Å². The summed E-state index contributed by atoms with van der Waals surface area (Å²) in [6.07, 6.45) is 3.41. The van der Waals surface area contributed by atoms with E-state index in [9.17, 15) is 9.18 Å². The third-order valence-electron chi connectivity index (χ3n) is 4.95. The lowest BCUT2D eigenvalue weighted by Crippen LogP contribution is -2.48. The van der Waals surface area contributed by atoms with Crippen LogP contribution in [0.1, 0.15) is 18.9 Å². The standard InChI is InChI=1S/C21H27FN4O2/c1-16(27)26-10-8-25(9-11-26)7-3-4-17-12-18(22)14-20(13-17)24-19-5-6-21(28-2)23-15-19/h5-6,12-15,24H,3-4,7-11H2,1-2H3. The van der Waals surface area contributed by atoms with Crippen LogP contribution in [0.5, 0.6) is 5.88 Å². The van der Waals surface area contributed by atoms with Gasteiger partial charge in [-0.1, -0.05) is 0 Å². The summed E-state index contributed by atoms with van der Waals surface area (Å²) in [4.78, 5) is 19.8. The molecule has 1 fully saturated rings. The Bertz CT molecular complexity index is 789. The van der Waals surface area contributed by atoms with Gasteiger partial charge in [0.1, 0.15) is 5.82 Å². The molecule has 2 heterocycles. The average molecular weight is 386 g/mol. The number of aromatic nitrogens is 1. The maximum absolute atomic E-state index is 14.0. The second kappa shape index (κ2) is 9.50. The molecular weight excluding hydrogens is 359 g/mol. The predicted molar refractivity (Wildman–Crippen MR) is 107 cm³/mol. The minimum Gasteiger partial charge on any atom is -0.481 e. The van der Waals surface area contributed by atoms with Gasteiger partial charge in [-0.15, -0.1) is 0 Å². The summed E-state index contributed by atoms with van der Waals surface area (Å²) in [5, 5.41) is 3.19. The number of methoxy groups -OCH3 is 1. The molecule has 6 nitrogen and oxygen atoms in total. The fraction of sp³-hybridized carbons (Fsp3) is 0.429. The first kappa shape index (κ1) is 20.1. The minimum atomic E-state index is -0.253. The molecule has 1 N–H and O–H groups in total. The van der Waals surface area contributed by atoms with Gasteiger partial charge in [-0.3, -0.25) is 9.69 Å². The summed E-state index contributed by atoms with van der Waals surface area (Å²) in [6.45, 7) is 5.96. The van der Waals surface area contributed by atoms with Crippen LogP contribution in [0, 0.1) is 5.82 Å². The molecule has 1 saturated heterocycles.